The van der Waals surface area contributed by atoms with Gasteiger partial charge in [0.25, 0.3) is 0 Å². The number of unbranched alkanes of at least 4 members (excludes halogenated alkanes) is 24. The van der Waals surface area contributed by atoms with E-state index in [0.29, 0.717) is 12.8 Å². The van der Waals surface area contributed by atoms with E-state index in [1.807, 2.05) is 0 Å². The number of alkyl halides is 2. The molecule has 292 valence electrons. The van der Waals surface area contributed by atoms with Crippen LogP contribution in [0, 0.1) is 0 Å². The molecule has 1 atom stereocenters. The van der Waals surface area contributed by atoms with Gasteiger partial charge in [-0.05, 0) is 64.2 Å². The fourth-order valence-electron chi connectivity index (χ4n) is 5.82. The summed E-state index contributed by atoms with van der Waals surface area (Å²) < 4.78 is 55.2. The number of phosphoric ester groups is 1. The Labute approximate surface area is 300 Å². The standard InChI is InChI=1S/C40H77F2O6P/c1-3-5-7-9-11-13-15-17-19-21-23-25-27-29-31-33-37-46-40(42,36-35-39(41)48-49(43,44)45)47-38-34-32-30-28-26-24-22-20-18-16-14-12-10-8-6-4-2/h17-20,39H,3-16,21-38H2,1-2H3,(H2,43,44,45). The molecule has 0 aliphatic carbocycles. The van der Waals surface area contributed by atoms with Crippen molar-refractivity contribution < 1.29 is 37.1 Å². The maximum atomic E-state index is 15.5. The molecule has 0 aliphatic rings. The van der Waals surface area contributed by atoms with Crippen molar-refractivity contribution in [3.63, 3.8) is 0 Å². The maximum absolute atomic E-state index is 15.5. The highest BCUT2D eigenvalue weighted by Gasteiger charge is 2.34. The third kappa shape index (κ3) is 38.4. The number of hydrogen-bond acceptors (Lipinski definition) is 4. The first kappa shape index (κ1) is 48.4. The number of phosphoric acid groups is 1. The molecule has 0 aromatic rings. The molecule has 0 saturated carbocycles. The lowest BCUT2D eigenvalue weighted by molar-refractivity contribution is -0.323. The molecule has 0 spiro atoms. The molecule has 0 fully saturated rings. The molecule has 0 bridgehead atoms. The van der Waals surface area contributed by atoms with Gasteiger partial charge in [0, 0.05) is 12.8 Å². The van der Waals surface area contributed by atoms with Crippen LogP contribution in [0.2, 0.25) is 0 Å². The molecule has 0 saturated heterocycles. The van der Waals surface area contributed by atoms with Gasteiger partial charge in [-0.25, -0.2) is 8.96 Å². The number of ether oxygens (including phenoxy) is 2. The third-order valence-corrected chi connectivity index (χ3v) is 9.37. The lowest BCUT2D eigenvalue weighted by Crippen LogP contribution is -2.33. The van der Waals surface area contributed by atoms with Crippen LogP contribution in [0.15, 0.2) is 24.3 Å². The molecule has 0 aromatic carbocycles. The van der Waals surface area contributed by atoms with E-state index in [-0.39, 0.29) is 13.2 Å². The van der Waals surface area contributed by atoms with Gasteiger partial charge in [0.2, 0.25) is 6.36 Å². The second-order valence-electron chi connectivity index (χ2n) is 13.8. The molecule has 9 heteroatoms. The second kappa shape index (κ2) is 35.8. The van der Waals surface area contributed by atoms with Crippen LogP contribution >= 0.6 is 7.82 Å². The number of allylic oxidation sites excluding steroid dienone is 4. The maximum Gasteiger partial charge on any atom is 0.472 e. The summed E-state index contributed by atoms with van der Waals surface area (Å²) in [7, 11) is -5.00. The van der Waals surface area contributed by atoms with Crippen LogP contribution in [0.5, 0.6) is 0 Å². The van der Waals surface area contributed by atoms with Gasteiger partial charge < -0.3 is 19.3 Å². The van der Waals surface area contributed by atoms with E-state index in [1.54, 1.807) is 0 Å². The summed E-state index contributed by atoms with van der Waals surface area (Å²) in [4.78, 5) is 17.7. The Morgan fingerprint density at radius 1 is 0.551 bits per heavy atom. The molecule has 0 amide bonds. The molecule has 0 heterocycles. The SMILES string of the molecule is CCCCCCCCC=CCCCCCCCCOC(F)(CCC(F)OP(=O)(O)O)OCCCCCCCCC=CCCCCCCCC. The van der Waals surface area contributed by atoms with Crippen LogP contribution in [0.4, 0.5) is 8.78 Å². The van der Waals surface area contributed by atoms with Crippen molar-refractivity contribution in [2.24, 2.45) is 0 Å². The Kier molecular flexibility index (Phi) is 35.3. The van der Waals surface area contributed by atoms with Gasteiger partial charge >= 0.3 is 13.9 Å². The first-order valence-electron chi connectivity index (χ1n) is 20.4. The summed E-state index contributed by atoms with van der Waals surface area (Å²) in [5.41, 5.74) is 0. The van der Waals surface area contributed by atoms with E-state index in [4.69, 9.17) is 19.3 Å². The molecule has 0 rings (SSSR count). The summed E-state index contributed by atoms with van der Waals surface area (Å²) in [5.74, 6) is 0. The minimum Gasteiger partial charge on any atom is -0.324 e. The topological polar surface area (TPSA) is 85.2 Å². The smallest absolute Gasteiger partial charge is 0.324 e. The molecular formula is C40H77F2O6P. The first-order valence-corrected chi connectivity index (χ1v) is 21.9. The fourth-order valence-corrected chi connectivity index (χ4v) is 6.23. The Hall–Kier alpha value is -0.630. The first-order chi connectivity index (χ1) is 23.7. The van der Waals surface area contributed by atoms with Crippen molar-refractivity contribution in [2.75, 3.05) is 13.2 Å². The van der Waals surface area contributed by atoms with Crippen molar-refractivity contribution >= 4 is 7.82 Å². The van der Waals surface area contributed by atoms with E-state index in [2.05, 4.69) is 42.7 Å². The Bertz CT molecular complexity index is 747. The Morgan fingerprint density at radius 3 is 1.18 bits per heavy atom. The highest BCUT2D eigenvalue weighted by molar-refractivity contribution is 7.46. The van der Waals surface area contributed by atoms with Crippen LogP contribution in [0.1, 0.15) is 206 Å². The predicted octanol–water partition coefficient (Wildman–Crippen LogP) is 13.9. The number of rotatable bonds is 39. The Balaban J connectivity index is 4.07. The van der Waals surface area contributed by atoms with E-state index >= 15 is 4.39 Å². The zero-order chi connectivity index (χ0) is 36.2. The highest BCUT2D eigenvalue weighted by Crippen LogP contribution is 2.39. The average Bonchev–Trinajstić information content (AvgIpc) is 3.06. The van der Waals surface area contributed by atoms with Crippen molar-refractivity contribution in [3.05, 3.63) is 24.3 Å². The molecule has 0 radical (unpaired) electrons. The highest BCUT2D eigenvalue weighted by atomic mass is 31.2. The molecule has 49 heavy (non-hydrogen) atoms. The minimum atomic E-state index is -5.00. The van der Waals surface area contributed by atoms with Crippen molar-refractivity contribution in [2.45, 2.75) is 219 Å². The molecule has 0 aliphatic heterocycles. The molecule has 6 nitrogen and oxygen atoms in total. The largest absolute Gasteiger partial charge is 0.472 e. The molecular weight excluding hydrogens is 645 g/mol. The minimum absolute atomic E-state index is 0.140. The van der Waals surface area contributed by atoms with Crippen LogP contribution in [-0.4, -0.2) is 35.4 Å². The lowest BCUT2D eigenvalue weighted by atomic mass is 10.1. The fraction of sp³-hybridized carbons (Fsp3) is 0.900. The van der Waals surface area contributed by atoms with Gasteiger partial charge in [0.05, 0.1) is 13.2 Å². The third-order valence-electron chi connectivity index (χ3n) is 8.87. The molecule has 1 unspecified atom stereocenters. The van der Waals surface area contributed by atoms with Gasteiger partial charge in [-0.2, -0.15) is 4.39 Å². The van der Waals surface area contributed by atoms with Crippen LogP contribution in [-0.2, 0) is 18.6 Å². The lowest BCUT2D eigenvalue weighted by Gasteiger charge is -2.26. The quantitative estimate of drug-likeness (QED) is 0.0284. The summed E-state index contributed by atoms with van der Waals surface area (Å²) >= 11 is 0. The van der Waals surface area contributed by atoms with Gasteiger partial charge in [-0.1, -0.05) is 154 Å². The normalized spacial score (nSPS) is 14.3. The van der Waals surface area contributed by atoms with Crippen LogP contribution in [0.25, 0.3) is 0 Å². The van der Waals surface area contributed by atoms with Gasteiger partial charge in [-0.3, -0.25) is 4.52 Å². The number of hydrogen-bond donors (Lipinski definition) is 2. The van der Waals surface area contributed by atoms with Crippen molar-refractivity contribution in [1.29, 1.82) is 0 Å². The zero-order valence-corrected chi connectivity index (χ0v) is 32.6. The van der Waals surface area contributed by atoms with Gasteiger partial charge in [0.1, 0.15) is 0 Å². The van der Waals surface area contributed by atoms with Gasteiger partial charge in [-0.15, -0.1) is 0 Å². The summed E-state index contributed by atoms with van der Waals surface area (Å²) in [6.07, 6.45) is 38.7. The predicted molar refractivity (Wildman–Crippen MR) is 202 cm³/mol. The summed E-state index contributed by atoms with van der Waals surface area (Å²) in [6, 6.07) is -2.51. The van der Waals surface area contributed by atoms with E-state index < -0.39 is 33.1 Å². The van der Waals surface area contributed by atoms with Crippen molar-refractivity contribution in [1.82, 2.24) is 0 Å². The monoisotopic (exact) mass is 723 g/mol. The summed E-state index contributed by atoms with van der Waals surface area (Å²) in [5, 5.41) is 0. The van der Waals surface area contributed by atoms with Gasteiger partial charge in [0.15, 0.2) is 0 Å². The average molecular weight is 723 g/mol. The van der Waals surface area contributed by atoms with E-state index in [9.17, 15) is 8.96 Å². The summed E-state index contributed by atoms with van der Waals surface area (Å²) in [6.45, 7) is 4.78. The number of halogens is 2. The molecule has 2 N–H and O–H groups in total. The zero-order valence-electron chi connectivity index (χ0n) is 31.7. The van der Waals surface area contributed by atoms with Crippen molar-refractivity contribution in [3.8, 4) is 0 Å². The van der Waals surface area contributed by atoms with E-state index in [1.165, 1.54) is 116 Å². The molecule has 0 aromatic heterocycles. The van der Waals surface area contributed by atoms with Crippen LogP contribution < -0.4 is 0 Å². The van der Waals surface area contributed by atoms with E-state index in [0.717, 1.165) is 51.4 Å². The van der Waals surface area contributed by atoms with Crippen LogP contribution in [0.3, 0.4) is 0 Å². The second-order valence-corrected chi connectivity index (χ2v) is 15.0. The Morgan fingerprint density at radius 2 is 0.857 bits per heavy atom.